The number of nitrogens with zero attached hydrogens (tertiary/aromatic N) is 1. The Morgan fingerprint density at radius 2 is 2.53 bits per heavy atom. The Balaban J connectivity index is 2.37. The molecule has 1 aromatic rings. The largest absolute Gasteiger partial charge is 0.477 e. The molecule has 0 aromatic carbocycles. The second kappa shape index (κ2) is 4.02. The van der Waals surface area contributed by atoms with Crippen LogP contribution in [-0.4, -0.2) is 22.8 Å². The Morgan fingerprint density at radius 1 is 1.73 bits per heavy atom. The van der Waals surface area contributed by atoms with Crippen LogP contribution in [0.2, 0.25) is 0 Å². The second-order valence-electron chi connectivity index (χ2n) is 3.67. The molecule has 0 bridgehead atoms. The first kappa shape index (κ1) is 10.2. The molecule has 5 nitrogen and oxygen atoms in total. The molecule has 2 heterocycles. The van der Waals surface area contributed by atoms with Crippen LogP contribution in [0.3, 0.4) is 0 Å². The molecule has 2 N–H and O–H groups in total. The predicted octanol–water partition coefficient (Wildman–Crippen LogP) is 1.36. The van der Waals surface area contributed by atoms with Crippen molar-refractivity contribution >= 4 is 5.97 Å². The third kappa shape index (κ3) is 1.74. The molecule has 0 radical (unpaired) electrons. The van der Waals surface area contributed by atoms with Crippen LogP contribution in [0.4, 0.5) is 0 Å². The van der Waals surface area contributed by atoms with Crippen LogP contribution in [0.1, 0.15) is 47.6 Å². The van der Waals surface area contributed by atoms with Crippen molar-refractivity contribution in [1.29, 1.82) is 0 Å². The number of aromatic nitrogens is 1. The van der Waals surface area contributed by atoms with E-state index in [1.807, 2.05) is 6.92 Å². The van der Waals surface area contributed by atoms with Gasteiger partial charge in [0.05, 0.1) is 6.04 Å². The molecule has 82 valence electrons. The van der Waals surface area contributed by atoms with Gasteiger partial charge in [-0.2, -0.15) is 0 Å². The molecule has 1 aromatic heterocycles. The van der Waals surface area contributed by atoms with E-state index in [4.69, 9.17) is 9.63 Å². The van der Waals surface area contributed by atoms with Gasteiger partial charge in [0.25, 0.3) is 0 Å². The fourth-order valence-electron chi connectivity index (χ4n) is 1.96. The first-order valence-electron chi connectivity index (χ1n) is 5.19. The minimum absolute atomic E-state index is 0.0418. The number of hydrogen-bond acceptors (Lipinski definition) is 4. The Hall–Kier alpha value is -1.36. The van der Waals surface area contributed by atoms with Crippen molar-refractivity contribution in [2.45, 2.75) is 32.2 Å². The highest BCUT2D eigenvalue weighted by Crippen LogP contribution is 2.27. The fraction of sp³-hybridized carbons (Fsp3) is 0.600. The summed E-state index contributed by atoms with van der Waals surface area (Å²) in [6, 6.07) is 0.0418. The number of hydrogen-bond donors (Lipinski definition) is 2. The van der Waals surface area contributed by atoms with E-state index in [-0.39, 0.29) is 11.6 Å². The number of aryl methyl sites for hydroxylation is 1. The summed E-state index contributed by atoms with van der Waals surface area (Å²) in [4.78, 5) is 11.1. The number of rotatable bonds is 3. The van der Waals surface area contributed by atoms with Crippen molar-refractivity contribution < 1.29 is 14.4 Å². The van der Waals surface area contributed by atoms with Gasteiger partial charge < -0.3 is 14.9 Å². The number of carbonyl (C=O) groups is 1. The number of carboxylic acid groups (broad SMARTS) is 1. The summed E-state index contributed by atoms with van der Waals surface area (Å²) in [7, 11) is 0. The molecule has 1 unspecified atom stereocenters. The zero-order valence-electron chi connectivity index (χ0n) is 8.62. The molecule has 0 spiro atoms. The van der Waals surface area contributed by atoms with Crippen LogP contribution in [-0.2, 0) is 6.42 Å². The first-order valence-corrected chi connectivity index (χ1v) is 5.19. The molecule has 1 fully saturated rings. The van der Waals surface area contributed by atoms with E-state index in [0.29, 0.717) is 17.9 Å². The fourth-order valence-corrected chi connectivity index (χ4v) is 1.96. The summed E-state index contributed by atoms with van der Waals surface area (Å²) in [6.07, 6.45) is 2.54. The van der Waals surface area contributed by atoms with Gasteiger partial charge in [-0.25, -0.2) is 4.79 Å². The highest BCUT2D eigenvalue weighted by atomic mass is 16.5. The van der Waals surface area contributed by atoms with Crippen molar-refractivity contribution in [2.24, 2.45) is 0 Å². The summed E-state index contributed by atoms with van der Waals surface area (Å²) in [6.45, 7) is 2.77. The molecule has 0 saturated carbocycles. The zero-order valence-corrected chi connectivity index (χ0v) is 8.62. The maximum atomic E-state index is 11.1. The van der Waals surface area contributed by atoms with Gasteiger partial charge in [0.2, 0.25) is 0 Å². The van der Waals surface area contributed by atoms with Crippen molar-refractivity contribution in [1.82, 2.24) is 10.5 Å². The number of nitrogens with one attached hydrogen (secondary N) is 1. The molecule has 1 aliphatic heterocycles. The minimum Gasteiger partial charge on any atom is -0.477 e. The Bertz CT molecular complexity index is 367. The Labute approximate surface area is 87.5 Å². The quantitative estimate of drug-likeness (QED) is 0.787. The SMILES string of the molecule is CCc1onc(C2CCCN2)c1C(=O)O. The van der Waals surface area contributed by atoms with Crippen molar-refractivity contribution in [3.05, 3.63) is 17.0 Å². The van der Waals surface area contributed by atoms with E-state index in [0.717, 1.165) is 19.4 Å². The molecule has 1 aliphatic rings. The van der Waals surface area contributed by atoms with Gasteiger partial charge in [0.1, 0.15) is 11.3 Å². The average molecular weight is 210 g/mol. The van der Waals surface area contributed by atoms with Gasteiger partial charge in [-0.05, 0) is 19.4 Å². The van der Waals surface area contributed by atoms with E-state index in [9.17, 15) is 4.79 Å². The molecular weight excluding hydrogens is 196 g/mol. The average Bonchev–Trinajstić information content (AvgIpc) is 2.85. The highest BCUT2D eigenvalue weighted by Gasteiger charge is 2.28. The number of aromatic carboxylic acids is 1. The van der Waals surface area contributed by atoms with E-state index < -0.39 is 5.97 Å². The van der Waals surface area contributed by atoms with Gasteiger partial charge in [-0.3, -0.25) is 0 Å². The third-order valence-electron chi connectivity index (χ3n) is 2.71. The van der Waals surface area contributed by atoms with Gasteiger partial charge >= 0.3 is 5.97 Å². The Kier molecular flexibility index (Phi) is 2.73. The van der Waals surface area contributed by atoms with Crippen molar-refractivity contribution in [3.8, 4) is 0 Å². The molecule has 1 saturated heterocycles. The van der Waals surface area contributed by atoms with E-state index >= 15 is 0 Å². The van der Waals surface area contributed by atoms with Gasteiger partial charge in [0.15, 0.2) is 5.76 Å². The molecule has 5 heteroatoms. The lowest BCUT2D eigenvalue weighted by molar-refractivity contribution is 0.0693. The summed E-state index contributed by atoms with van der Waals surface area (Å²) in [5.41, 5.74) is 0.800. The van der Waals surface area contributed by atoms with Crippen molar-refractivity contribution in [2.75, 3.05) is 6.54 Å². The Morgan fingerprint density at radius 3 is 3.07 bits per heavy atom. The molecule has 0 amide bonds. The summed E-state index contributed by atoms with van der Waals surface area (Å²) >= 11 is 0. The van der Waals surface area contributed by atoms with Gasteiger partial charge in [-0.15, -0.1) is 0 Å². The number of carboxylic acids is 1. The van der Waals surface area contributed by atoms with E-state index in [1.165, 1.54) is 0 Å². The van der Waals surface area contributed by atoms with Crippen LogP contribution < -0.4 is 5.32 Å². The van der Waals surface area contributed by atoms with Crippen molar-refractivity contribution in [3.63, 3.8) is 0 Å². The molecule has 15 heavy (non-hydrogen) atoms. The predicted molar refractivity (Wildman–Crippen MR) is 52.8 cm³/mol. The standard InChI is InChI=1S/C10H14N2O3/c1-2-7-8(10(13)14)9(12-15-7)6-4-3-5-11-6/h6,11H,2-5H2,1H3,(H,13,14). The normalized spacial score (nSPS) is 20.7. The topological polar surface area (TPSA) is 75.4 Å². The molecule has 1 atom stereocenters. The van der Waals surface area contributed by atoms with Crippen LogP contribution >= 0.6 is 0 Å². The maximum absolute atomic E-state index is 11.1. The third-order valence-corrected chi connectivity index (χ3v) is 2.71. The molecular formula is C10H14N2O3. The summed E-state index contributed by atoms with van der Waals surface area (Å²) < 4.78 is 5.05. The van der Waals surface area contributed by atoms with Crippen LogP contribution in [0.15, 0.2) is 4.52 Å². The smallest absolute Gasteiger partial charge is 0.341 e. The minimum atomic E-state index is -0.947. The first-order chi connectivity index (χ1) is 7.24. The van der Waals surface area contributed by atoms with E-state index in [2.05, 4.69) is 10.5 Å². The highest BCUT2D eigenvalue weighted by molar-refractivity contribution is 5.90. The lowest BCUT2D eigenvalue weighted by Crippen LogP contribution is -2.16. The molecule has 0 aliphatic carbocycles. The van der Waals surface area contributed by atoms with E-state index in [1.54, 1.807) is 0 Å². The summed E-state index contributed by atoms with van der Waals surface area (Å²) in [5.74, 6) is -0.483. The van der Waals surface area contributed by atoms with Crippen LogP contribution in [0, 0.1) is 0 Å². The lowest BCUT2D eigenvalue weighted by atomic mass is 10.1. The molecule has 2 rings (SSSR count). The van der Waals surface area contributed by atoms with Gasteiger partial charge in [0, 0.05) is 6.42 Å². The second-order valence-corrected chi connectivity index (χ2v) is 3.67. The lowest BCUT2D eigenvalue weighted by Gasteiger charge is -2.06. The van der Waals surface area contributed by atoms with Crippen LogP contribution in [0.5, 0.6) is 0 Å². The van der Waals surface area contributed by atoms with Gasteiger partial charge in [-0.1, -0.05) is 12.1 Å². The van der Waals surface area contributed by atoms with Crippen LogP contribution in [0.25, 0.3) is 0 Å². The monoisotopic (exact) mass is 210 g/mol. The zero-order chi connectivity index (χ0) is 10.8. The maximum Gasteiger partial charge on any atom is 0.341 e. The summed E-state index contributed by atoms with van der Waals surface area (Å²) in [5, 5.41) is 16.2.